The van der Waals surface area contributed by atoms with E-state index in [4.69, 9.17) is 13.6 Å². The maximum absolute atomic E-state index is 12.8. The minimum Gasteiger partial charge on any atom is -0.329 e. The quantitative estimate of drug-likeness (QED) is 0.665. The zero-order chi connectivity index (χ0) is 14.5. The monoisotopic (exact) mass is 312 g/mol. The SMILES string of the molecule is CCOP1(=O)C[C@@H](C)C[C@H](P(=O)(OCC)OCC)C1. The van der Waals surface area contributed by atoms with Crippen molar-refractivity contribution in [2.75, 3.05) is 32.1 Å². The van der Waals surface area contributed by atoms with E-state index < -0.39 is 15.0 Å². The fourth-order valence-electron chi connectivity index (χ4n) is 2.66. The lowest BCUT2D eigenvalue weighted by Gasteiger charge is -2.36. The molecule has 114 valence electrons. The van der Waals surface area contributed by atoms with Gasteiger partial charge in [0.05, 0.1) is 25.5 Å². The van der Waals surface area contributed by atoms with Crippen LogP contribution in [0.25, 0.3) is 0 Å². The molecule has 1 saturated heterocycles. The van der Waals surface area contributed by atoms with Crippen LogP contribution in [0.5, 0.6) is 0 Å². The Bertz CT molecular complexity index is 361. The van der Waals surface area contributed by atoms with Gasteiger partial charge in [0.25, 0.3) is 0 Å². The van der Waals surface area contributed by atoms with E-state index in [9.17, 15) is 9.13 Å². The van der Waals surface area contributed by atoms with E-state index in [1.807, 2.05) is 13.8 Å². The Balaban J connectivity index is 2.91. The molecule has 1 fully saturated rings. The molecule has 0 aromatic heterocycles. The topological polar surface area (TPSA) is 61.8 Å². The lowest BCUT2D eigenvalue weighted by atomic mass is 10.1. The Labute approximate surface area is 116 Å². The molecule has 1 unspecified atom stereocenters. The zero-order valence-electron chi connectivity index (χ0n) is 12.3. The third-order valence-electron chi connectivity index (χ3n) is 3.18. The van der Waals surface area contributed by atoms with Gasteiger partial charge in [-0.15, -0.1) is 0 Å². The van der Waals surface area contributed by atoms with E-state index in [1.54, 1.807) is 13.8 Å². The van der Waals surface area contributed by atoms with E-state index in [2.05, 4.69) is 0 Å². The molecule has 1 heterocycles. The zero-order valence-corrected chi connectivity index (χ0v) is 14.1. The maximum Gasteiger partial charge on any atom is 0.334 e. The Morgan fingerprint density at radius 3 is 2.16 bits per heavy atom. The molecule has 0 N–H and O–H groups in total. The molecule has 1 aliphatic heterocycles. The highest BCUT2D eigenvalue weighted by atomic mass is 31.2. The summed E-state index contributed by atoms with van der Waals surface area (Å²) in [5.41, 5.74) is -0.312. The van der Waals surface area contributed by atoms with Gasteiger partial charge in [-0.1, -0.05) is 6.92 Å². The molecule has 19 heavy (non-hydrogen) atoms. The van der Waals surface area contributed by atoms with Crippen molar-refractivity contribution in [1.82, 2.24) is 0 Å². The van der Waals surface area contributed by atoms with Crippen LogP contribution in [-0.4, -0.2) is 37.8 Å². The summed E-state index contributed by atoms with van der Waals surface area (Å²) in [5.74, 6) is 0.213. The Morgan fingerprint density at radius 1 is 1.11 bits per heavy atom. The lowest BCUT2D eigenvalue weighted by Crippen LogP contribution is -2.28. The molecule has 1 aliphatic rings. The van der Waals surface area contributed by atoms with Gasteiger partial charge in [-0.2, -0.15) is 0 Å². The molecule has 3 atom stereocenters. The van der Waals surface area contributed by atoms with Crippen molar-refractivity contribution < 1.29 is 22.7 Å². The van der Waals surface area contributed by atoms with Crippen molar-refractivity contribution in [3.05, 3.63) is 0 Å². The van der Waals surface area contributed by atoms with Crippen molar-refractivity contribution in [3.8, 4) is 0 Å². The second-order valence-corrected chi connectivity index (χ2v) is 9.91. The molecule has 0 bridgehead atoms. The predicted molar refractivity (Wildman–Crippen MR) is 77.4 cm³/mol. The van der Waals surface area contributed by atoms with Crippen molar-refractivity contribution in [2.24, 2.45) is 5.92 Å². The van der Waals surface area contributed by atoms with Gasteiger partial charge < -0.3 is 13.6 Å². The number of hydrogen-bond acceptors (Lipinski definition) is 5. The van der Waals surface area contributed by atoms with Crippen LogP contribution in [0.3, 0.4) is 0 Å². The van der Waals surface area contributed by atoms with E-state index in [0.717, 1.165) is 0 Å². The van der Waals surface area contributed by atoms with Crippen LogP contribution >= 0.6 is 15.0 Å². The first-order valence-corrected chi connectivity index (χ1v) is 10.6. The summed E-state index contributed by atoms with van der Waals surface area (Å²) in [6.45, 7) is 8.52. The fourth-order valence-corrected chi connectivity index (χ4v) is 8.76. The highest BCUT2D eigenvalue weighted by Crippen LogP contribution is 2.64. The summed E-state index contributed by atoms with van der Waals surface area (Å²) >= 11 is 0. The van der Waals surface area contributed by atoms with Gasteiger partial charge in [0.1, 0.15) is 0 Å². The molecular weight excluding hydrogens is 286 g/mol. The first kappa shape index (κ1) is 17.4. The number of rotatable bonds is 7. The average Bonchev–Trinajstić information content (AvgIpc) is 2.28. The van der Waals surface area contributed by atoms with Gasteiger partial charge in [0.15, 0.2) is 0 Å². The van der Waals surface area contributed by atoms with E-state index >= 15 is 0 Å². The smallest absolute Gasteiger partial charge is 0.329 e. The lowest BCUT2D eigenvalue weighted by molar-refractivity contribution is 0.207. The van der Waals surface area contributed by atoms with Gasteiger partial charge in [-0.05, 0) is 33.1 Å². The number of hydrogen-bond donors (Lipinski definition) is 0. The molecule has 7 heteroatoms. The molecule has 0 spiro atoms. The van der Waals surface area contributed by atoms with Crippen molar-refractivity contribution in [1.29, 1.82) is 0 Å². The standard InChI is InChI=1S/C12H26O5P2/c1-5-15-18(13)9-11(4)8-12(10-18)19(14,16-6-2)17-7-3/h11-12H,5-10H2,1-4H3/t11-,12-,18?/m0/s1. The summed E-state index contributed by atoms with van der Waals surface area (Å²) in [6.07, 6.45) is 1.59. The Morgan fingerprint density at radius 2 is 1.68 bits per heavy atom. The van der Waals surface area contributed by atoms with Crippen LogP contribution in [0, 0.1) is 5.92 Å². The predicted octanol–water partition coefficient (Wildman–Crippen LogP) is 3.98. The van der Waals surface area contributed by atoms with Crippen LogP contribution in [0.2, 0.25) is 0 Å². The van der Waals surface area contributed by atoms with Gasteiger partial charge in [-0.3, -0.25) is 9.13 Å². The summed E-state index contributed by atoms with van der Waals surface area (Å²) in [4.78, 5) is 0. The largest absolute Gasteiger partial charge is 0.334 e. The van der Waals surface area contributed by atoms with Gasteiger partial charge in [0.2, 0.25) is 7.37 Å². The average molecular weight is 312 g/mol. The minimum absolute atomic E-state index is 0.213. The molecular formula is C12H26O5P2. The van der Waals surface area contributed by atoms with Gasteiger partial charge >= 0.3 is 7.60 Å². The van der Waals surface area contributed by atoms with E-state index in [1.165, 1.54) is 0 Å². The van der Waals surface area contributed by atoms with Crippen LogP contribution < -0.4 is 0 Å². The molecule has 0 aliphatic carbocycles. The molecule has 0 aromatic rings. The summed E-state index contributed by atoms with van der Waals surface area (Å²) in [7, 11) is -5.89. The summed E-state index contributed by atoms with van der Waals surface area (Å²) in [5, 5.41) is 0. The molecule has 0 amide bonds. The second-order valence-electron chi connectivity index (χ2n) is 4.97. The third-order valence-corrected chi connectivity index (χ3v) is 8.90. The highest BCUT2D eigenvalue weighted by Gasteiger charge is 2.45. The summed E-state index contributed by atoms with van der Waals surface area (Å²) in [6, 6.07) is 0. The minimum atomic E-state index is -3.19. The van der Waals surface area contributed by atoms with E-state index in [0.29, 0.717) is 38.6 Å². The first-order valence-electron chi connectivity index (χ1n) is 7.00. The molecule has 0 radical (unpaired) electrons. The van der Waals surface area contributed by atoms with Crippen LogP contribution in [0.1, 0.15) is 34.1 Å². The molecule has 0 saturated carbocycles. The van der Waals surface area contributed by atoms with Crippen LogP contribution in [0.15, 0.2) is 0 Å². The van der Waals surface area contributed by atoms with Crippen LogP contribution in [-0.2, 0) is 22.7 Å². The maximum atomic E-state index is 12.8. The Kier molecular flexibility index (Phi) is 6.75. The Hall–Kier alpha value is 0.340. The van der Waals surface area contributed by atoms with Crippen molar-refractivity contribution >= 4 is 15.0 Å². The van der Waals surface area contributed by atoms with Gasteiger partial charge in [0, 0.05) is 12.3 Å². The van der Waals surface area contributed by atoms with Gasteiger partial charge in [-0.25, -0.2) is 0 Å². The highest BCUT2D eigenvalue weighted by molar-refractivity contribution is 7.61. The second kappa shape index (κ2) is 7.38. The fraction of sp³-hybridized carbons (Fsp3) is 1.00. The normalized spacial score (nSPS) is 32.4. The van der Waals surface area contributed by atoms with Crippen molar-refractivity contribution in [3.63, 3.8) is 0 Å². The first-order chi connectivity index (χ1) is 8.89. The van der Waals surface area contributed by atoms with E-state index in [-0.39, 0.29) is 11.6 Å². The molecule has 0 aromatic carbocycles. The van der Waals surface area contributed by atoms with Crippen LogP contribution in [0.4, 0.5) is 0 Å². The molecule has 5 nitrogen and oxygen atoms in total. The molecule has 1 rings (SSSR count). The van der Waals surface area contributed by atoms with Crippen molar-refractivity contribution in [2.45, 2.75) is 39.8 Å². The third kappa shape index (κ3) is 4.68. The summed E-state index contributed by atoms with van der Waals surface area (Å²) < 4.78 is 41.7.